The van der Waals surface area contributed by atoms with Gasteiger partial charge in [0.05, 0.1) is 0 Å². The number of hydrogen-bond acceptors (Lipinski definition) is 0. The van der Waals surface area contributed by atoms with Crippen LogP contribution in [0, 0.1) is 5.92 Å². The van der Waals surface area contributed by atoms with Crippen molar-refractivity contribution in [1.29, 1.82) is 0 Å². The molecule has 0 unspecified atom stereocenters. The van der Waals surface area contributed by atoms with Crippen molar-refractivity contribution in [2.24, 2.45) is 5.92 Å². The second kappa shape index (κ2) is 5.95. The third-order valence-corrected chi connectivity index (χ3v) is 3.16. The minimum Gasteiger partial charge on any atom is -0.0853 e. The average molecular weight is 204 g/mol. The first-order valence-electron chi connectivity index (χ1n) is 6.11. The molecule has 1 rings (SSSR count). The molecule has 0 aliphatic heterocycles. The molecule has 0 saturated heterocycles. The van der Waals surface area contributed by atoms with E-state index in [0.717, 1.165) is 0 Å². The van der Waals surface area contributed by atoms with Crippen LogP contribution in [0.15, 0.2) is 34.9 Å². The van der Waals surface area contributed by atoms with E-state index in [0.29, 0.717) is 5.92 Å². The molecule has 1 aliphatic rings. The Balaban J connectivity index is 2.83. The minimum absolute atomic E-state index is 0.682. The Morgan fingerprint density at radius 1 is 0.933 bits per heavy atom. The van der Waals surface area contributed by atoms with E-state index >= 15 is 0 Å². The zero-order valence-corrected chi connectivity index (χ0v) is 10.6. The SMILES string of the molecule is CC1=CC=C(C(C)C)CCC(C)=CCC1. The lowest BCUT2D eigenvalue weighted by Gasteiger charge is -2.12. The molecule has 0 aromatic heterocycles. The highest BCUT2D eigenvalue weighted by atomic mass is 14.1. The number of hydrogen-bond donors (Lipinski definition) is 0. The van der Waals surface area contributed by atoms with E-state index < -0.39 is 0 Å². The summed E-state index contributed by atoms with van der Waals surface area (Å²) in [5, 5.41) is 0. The summed E-state index contributed by atoms with van der Waals surface area (Å²) in [5.41, 5.74) is 4.64. The molecule has 0 saturated carbocycles. The van der Waals surface area contributed by atoms with Gasteiger partial charge in [-0.3, -0.25) is 0 Å². The third kappa shape index (κ3) is 4.51. The molecule has 0 aromatic rings. The summed E-state index contributed by atoms with van der Waals surface area (Å²) in [6.07, 6.45) is 11.9. The molecule has 1 aliphatic carbocycles. The van der Waals surface area contributed by atoms with Gasteiger partial charge in [0.25, 0.3) is 0 Å². The smallest absolute Gasteiger partial charge is 0.0257 e. The lowest BCUT2D eigenvalue weighted by Crippen LogP contribution is -1.95. The molecular weight excluding hydrogens is 180 g/mol. The van der Waals surface area contributed by atoms with Gasteiger partial charge in [-0.15, -0.1) is 0 Å². The average Bonchev–Trinajstić information content (AvgIpc) is 2.16. The summed E-state index contributed by atoms with van der Waals surface area (Å²) in [4.78, 5) is 0. The summed E-state index contributed by atoms with van der Waals surface area (Å²) < 4.78 is 0. The lowest BCUT2D eigenvalue weighted by atomic mass is 9.94. The molecule has 0 spiro atoms. The van der Waals surface area contributed by atoms with Crippen LogP contribution in [0.4, 0.5) is 0 Å². The molecule has 0 bridgehead atoms. The van der Waals surface area contributed by atoms with E-state index in [1.54, 1.807) is 11.1 Å². The van der Waals surface area contributed by atoms with Crippen LogP contribution < -0.4 is 0 Å². The summed E-state index contributed by atoms with van der Waals surface area (Å²) in [5.74, 6) is 0.682. The van der Waals surface area contributed by atoms with E-state index in [1.807, 2.05) is 0 Å². The zero-order valence-electron chi connectivity index (χ0n) is 10.6. The van der Waals surface area contributed by atoms with Crippen LogP contribution in [0.2, 0.25) is 0 Å². The maximum absolute atomic E-state index is 2.40. The predicted molar refractivity (Wildman–Crippen MR) is 68.9 cm³/mol. The molecular formula is C15H24. The van der Waals surface area contributed by atoms with Crippen molar-refractivity contribution in [3.8, 4) is 0 Å². The Kier molecular flexibility index (Phi) is 4.87. The normalized spacial score (nSPS) is 19.4. The second-order valence-corrected chi connectivity index (χ2v) is 5.00. The highest BCUT2D eigenvalue weighted by molar-refractivity contribution is 5.20. The molecule has 15 heavy (non-hydrogen) atoms. The van der Waals surface area contributed by atoms with Gasteiger partial charge in [0, 0.05) is 0 Å². The van der Waals surface area contributed by atoms with E-state index in [9.17, 15) is 0 Å². The molecule has 0 nitrogen and oxygen atoms in total. The molecule has 0 fully saturated rings. The Morgan fingerprint density at radius 2 is 1.67 bits per heavy atom. The highest BCUT2D eigenvalue weighted by Gasteiger charge is 2.04. The summed E-state index contributed by atoms with van der Waals surface area (Å²) in [6.45, 7) is 9.08. The first kappa shape index (κ1) is 12.3. The van der Waals surface area contributed by atoms with Gasteiger partial charge in [0.15, 0.2) is 0 Å². The van der Waals surface area contributed by atoms with E-state index in [-0.39, 0.29) is 0 Å². The second-order valence-electron chi connectivity index (χ2n) is 5.00. The van der Waals surface area contributed by atoms with Crippen molar-refractivity contribution in [2.75, 3.05) is 0 Å². The monoisotopic (exact) mass is 204 g/mol. The van der Waals surface area contributed by atoms with Crippen molar-refractivity contribution < 1.29 is 0 Å². The van der Waals surface area contributed by atoms with Crippen LogP contribution in [-0.4, -0.2) is 0 Å². The van der Waals surface area contributed by atoms with Crippen LogP contribution in [-0.2, 0) is 0 Å². The molecule has 0 atom stereocenters. The van der Waals surface area contributed by atoms with Crippen LogP contribution in [0.25, 0.3) is 0 Å². The van der Waals surface area contributed by atoms with E-state index in [4.69, 9.17) is 0 Å². The Labute approximate surface area is 94.8 Å². The van der Waals surface area contributed by atoms with E-state index in [1.165, 1.54) is 31.3 Å². The molecule has 84 valence electrons. The van der Waals surface area contributed by atoms with Gasteiger partial charge >= 0.3 is 0 Å². The van der Waals surface area contributed by atoms with Crippen LogP contribution in [0.5, 0.6) is 0 Å². The minimum atomic E-state index is 0.682. The topological polar surface area (TPSA) is 0 Å². The van der Waals surface area contributed by atoms with Crippen LogP contribution in [0.3, 0.4) is 0 Å². The Hall–Kier alpha value is -0.780. The fourth-order valence-electron chi connectivity index (χ4n) is 1.89. The van der Waals surface area contributed by atoms with Gasteiger partial charge in [0.2, 0.25) is 0 Å². The lowest BCUT2D eigenvalue weighted by molar-refractivity contribution is 0.705. The highest BCUT2D eigenvalue weighted by Crippen LogP contribution is 2.21. The fourth-order valence-corrected chi connectivity index (χ4v) is 1.89. The van der Waals surface area contributed by atoms with Gasteiger partial charge in [-0.1, -0.05) is 48.8 Å². The van der Waals surface area contributed by atoms with Gasteiger partial charge in [-0.05, 0) is 45.4 Å². The molecule has 0 radical (unpaired) electrons. The quantitative estimate of drug-likeness (QED) is 0.525. The number of allylic oxidation sites excluding steroid dienone is 6. The van der Waals surface area contributed by atoms with Crippen molar-refractivity contribution >= 4 is 0 Å². The standard InChI is InChI=1S/C15H24/c1-12(2)15-10-8-13(3)6-5-7-14(4)9-11-15/h6,9,11-12H,5,7-8,10H2,1-4H3. The molecule has 0 N–H and O–H groups in total. The molecule has 0 heterocycles. The molecule has 0 heteroatoms. The third-order valence-electron chi connectivity index (χ3n) is 3.16. The Bertz CT molecular complexity index is 287. The fraction of sp³-hybridized carbons (Fsp3) is 0.600. The van der Waals surface area contributed by atoms with Crippen molar-refractivity contribution in [3.05, 3.63) is 34.9 Å². The first-order valence-corrected chi connectivity index (χ1v) is 6.11. The van der Waals surface area contributed by atoms with Crippen LogP contribution >= 0.6 is 0 Å². The largest absolute Gasteiger partial charge is 0.0853 e. The first-order chi connectivity index (χ1) is 7.09. The zero-order chi connectivity index (χ0) is 11.3. The van der Waals surface area contributed by atoms with Crippen molar-refractivity contribution in [3.63, 3.8) is 0 Å². The van der Waals surface area contributed by atoms with Gasteiger partial charge < -0.3 is 0 Å². The maximum atomic E-state index is 2.40. The molecule has 0 amide bonds. The van der Waals surface area contributed by atoms with Crippen molar-refractivity contribution in [1.82, 2.24) is 0 Å². The number of rotatable bonds is 1. The van der Waals surface area contributed by atoms with Crippen LogP contribution in [0.1, 0.15) is 53.4 Å². The summed E-state index contributed by atoms with van der Waals surface area (Å²) >= 11 is 0. The summed E-state index contributed by atoms with van der Waals surface area (Å²) in [6, 6.07) is 0. The van der Waals surface area contributed by atoms with Crippen molar-refractivity contribution in [2.45, 2.75) is 53.4 Å². The maximum Gasteiger partial charge on any atom is -0.0257 e. The summed E-state index contributed by atoms with van der Waals surface area (Å²) in [7, 11) is 0. The van der Waals surface area contributed by atoms with Gasteiger partial charge in [0.1, 0.15) is 0 Å². The Morgan fingerprint density at radius 3 is 2.33 bits per heavy atom. The predicted octanol–water partition coefficient (Wildman–Crippen LogP) is 5.04. The van der Waals surface area contributed by atoms with E-state index in [2.05, 4.69) is 45.9 Å². The van der Waals surface area contributed by atoms with Gasteiger partial charge in [-0.25, -0.2) is 0 Å². The van der Waals surface area contributed by atoms with Gasteiger partial charge in [-0.2, -0.15) is 0 Å². The molecule has 0 aromatic carbocycles.